The van der Waals surface area contributed by atoms with Crippen molar-refractivity contribution in [2.75, 3.05) is 25.5 Å². The third-order valence-electron chi connectivity index (χ3n) is 5.86. The highest BCUT2D eigenvalue weighted by atomic mass is 16.3. The smallest absolute Gasteiger partial charge is 0.246 e. The first kappa shape index (κ1) is 22.7. The van der Waals surface area contributed by atoms with Gasteiger partial charge in [0.15, 0.2) is 0 Å². The van der Waals surface area contributed by atoms with Gasteiger partial charge in [-0.3, -0.25) is 9.59 Å². The molecule has 33 heavy (non-hydrogen) atoms. The number of hydrogen-bond donors (Lipinski definition) is 3. The van der Waals surface area contributed by atoms with E-state index < -0.39 is 0 Å². The normalized spacial score (nSPS) is 15.6. The lowest BCUT2D eigenvalue weighted by Gasteiger charge is -2.24. The van der Waals surface area contributed by atoms with Crippen molar-refractivity contribution in [2.45, 2.75) is 32.4 Å². The molecular formula is C25H29N5O3. The van der Waals surface area contributed by atoms with Crippen molar-refractivity contribution in [1.29, 1.82) is 0 Å². The van der Waals surface area contributed by atoms with Gasteiger partial charge >= 0.3 is 0 Å². The summed E-state index contributed by atoms with van der Waals surface area (Å²) >= 11 is 0. The van der Waals surface area contributed by atoms with Gasteiger partial charge in [0, 0.05) is 36.7 Å². The molecule has 0 radical (unpaired) electrons. The fraction of sp³-hybridized carbons (Fsp3) is 0.320. The van der Waals surface area contributed by atoms with Crippen LogP contribution in [0.4, 0.5) is 5.82 Å². The number of hydrogen-bond acceptors (Lipinski definition) is 6. The SMILES string of the molecule is Cc1c(CN(C)C(=O)/C=C/c2cnc3c(c2)CC(NCCCN)C(=O)N3)oc2ccccc12. The maximum Gasteiger partial charge on any atom is 0.246 e. The number of likely N-dealkylation sites (N-methyl/N-ethyl adjacent to an activating group) is 1. The van der Waals surface area contributed by atoms with E-state index in [4.69, 9.17) is 10.2 Å². The first-order valence-corrected chi connectivity index (χ1v) is 11.1. The zero-order chi connectivity index (χ0) is 23.4. The van der Waals surface area contributed by atoms with Gasteiger partial charge in [-0.05, 0) is 55.8 Å². The Hall–Kier alpha value is -3.49. The second-order valence-electron chi connectivity index (χ2n) is 8.29. The fourth-order valence-electron chi connectivity index (χ4n) is 3.91. The Balaban J connectivity index is 1.41. The maximum absolute atomic E-state index is 12.7. The highest BCUT2D eigenvalue weighted by Crippen LogP contribution is 2.26. The molecule has 0 fully saturated rings. The number of benzene rings is 1. The van der Waals surface area contributed by atoms with E-state index in [-0.39, 0.29) is 17.9 Å². The molecular weight excluding hydrogens is 418 g/mol. The van der Waals surface area contributed by atoms with Crippen molar-refractivity contribution < 1.29 is 14.0 Å². The van der Waals surface area contributed by atoms with E-state index in [0.717, 1.165) is 39.8 Å². The van der Waals surface area contributed by atoms with Gasteiger partial charge in [0.05, 0.1) is 12.6 Å². The van der Waals surface area contributed by atoms with Gasteiger partial charge in [-0.25, -0.2) is 4.98 Å². The summed E-state index contributed by atoms with van der Waals surface area (Å²) in [4.78, 5) is 30.9. The number of nitrogens with zero attached hydrogens (tertiary/aromatic N) is 2. The third-order valence-corrected chi connectivity index (χ3v) is 5.86. The summed E-state index contributed by atoms with van der Waals surface area (Å²) in [6.45, 7) is 3.65. The van der Waals surface area contributed by atoms with Gasteiger partial charge < -0.3 is 25.7 Å². The third kappa shape index (κ3) is 5.13. The van der Waals surface area contributed by atoms with Crippen molar-refractivity contribution in [3.05, 3.63) is 65.1 Å². The lowest BCUT2D eigenvalue weighted by atomic mass is 10.00. The summed E-state index contributed by atoms with van der Waals surface area (Å²) in [5.74, 6) is 1.12. The van der Waals surface area contributed by atoms with E-state index in [1.807, 2.05) is 37.3 Å². The number of nitrogens with two attached hydrogens (primary N) is 1. The molecule has 2 amide bonds. The Labute approximate surface area is 192 Å². The quantitative estimate of drug-likeness (QED) is 0.361. The number of aromatic nitrogens is 1. The minimum absolute atomic E-state index is 0.0898. The number of carbonyl (C=O) groups excluding carboxylic acids is 2. The molecule has 172 valence electrons. The summed E-state index contributed by atoms with van der Waals surface area (Å²) in [7, 11) is 1.75. The van der Waals surface area contributed by atoms with Gasteiger partial charge in [-0.15, -0.1) is 0 Å². The molecule has 8 heteroatoms. The van der Waals surface area contributed by atoms with Crippen LogP contribution in [-0.4, -0.2) is 47.9 Å². The lowest BCUT2D eigenvalue weighted by molar-refractivity contribution is -0.125. The van der Waals surface area contributed by atoms with Crippen molar-refractivity contribution >= 4 is 34.7 Å². The van der Waals surface area contributed by atoms with E-state index in [9.17, 15) is 9.59 Å². The van der Waals surface area contributed by atoms with Crippen LogP contribution in [0.1, 0.15) is 28.9 Å². The summed E-state index contributed by atoms with van der Waals surface area (Å²) in [5.41, 5.74) is 9.13. The van der Waals surface area contributed by atoms with Crippen LogP contribution in [0.25, 0.3) is 17.0 Å². The zero-order valence-corrected chi connectivity index (χ0v) is 18.9. The monoisotopic (exact) mass is 447 g/mol. The average Bonchev–Trinajstić information content (AvgIpc) is 3.13. The minimum atomic E-state index is -0.315. The van der Waals surface area contributed by atoms with E-state index >= 15 is 0 Å². The predicted octanol–water partition coefficient (Wildman–Crippen LogP) is 2.61. The number of amides is 2. The number of rotatable bonds is 8. The molecule has 3 heterocycles. The Morgan fingerprint density at radius 2 is 2.21 bits per heavy atom. The average molecular weight is 448 g/mol. The number of para-hydroxylation sites is 1. The number of fused-ring (bicyclic) bond motifs is 2. The topological polar surface area (TPSA) is 113 Å². The summed E-state index contributed by atoms with van der Waals surface area (Å²) < 4.78 is 5.92. The molecule has 1 atom stereocenters. The van der Waals surface area contributed by atoms with E-state index in [1.54, 1.807) is 24.2 Å². The molecule has 1 aliphatic heterocycles. The molecule has 2 aromatic heterocycles. The van der Waals surface area contributed by atoms with Crippen LogP contribution in [0.3, 0.4) is 0 Å². The van der Waals surface area contributed by atoms with E-state index in [0.29, 0.717) is 31.9 Å². The van der Waals surface area contributed by atoms with E-state index in [2.05, 4.69) is 15.6 Å². The second kappa shape index (κ2) is 9.97. The van der Waals surface area contributed by atoms with Crippen LogP contribution in [0, 0.1) is 6.92 Å². The predicted molar refractivity (Wildman–Crippen MR) is 128 cm³/mol. The van der Waals surface area contributed by atoms with Crippen LogP contribution in [0.5, 0.6) is 0 Å². The molecule has 4 N–H and O–H groups in total. The number of anilines is 1. The van der Waals surface area contributed by atoms with Gasteiger partial charge in [-0.1, -0.05) is 18.2 Å². The summed E-state index contributed by atoms with van der Waals surface area (Å²) in [6, 6.07) is 9.49. The standard InChI is InChI=1S/C25H29N5O3/c1-16-19-6-3-4-7-21(19)33-22(16)15-30(2)23(31)9-8-17-12-18-13-20(27-11-5-10-26)25(32)29-24(18)28-14-17/h3-4,6-9,12,14,20,27H,5,10-11,13,15,26H2,1-2H3,(H,28,29,32)/b9-8+. The van der Waals surface area contributed by atoms with Crippen molar-refractivity contribution in [1.82, 2.24) is 15.2 Å². The number of aryl methyl sites for hydroxylation is 1. The van der Waals surface area contributed by atoms with Gasteiger partial charge in [0.1, 0.15) is 17.2 Å². The largest absolute Gasteiger partial charge is 0.459 e. The molecule has 0 bridgehead atoms. The molecule has 1 aliphatic rings. The lowest BCUT2D eigenvalue weighted by Crippen LogP contribution is -2.45. The van der Waals surface area contributed by atoms with Gasteiger partial charge in [0.2, 0.25) is 11.8 Å². The minimum Gasteiger partial charge on any atom is -0.459 e. The Morgan fingerprint density at radius 3 is 3.00 bits per heavy atom. The molecule has 1 aromatic carbocycles. The summed E-state index contributed by atoms with van der Waals surface area (Å²) in [5, 5.41) is 7.13. The highest BCUT2D eigenvalue weighted by molar-refractivity contribution is 5.97. The second-order valence-corrected chi connectivity index (χ2v) is 8.29. The van der Waals surface area contributed by atoms with Crippen LogP contribution in [0.15, 0.2) is 47.0 Å². The van der Waals surface area contributed by atoms with Crippen LogP contribution >= 0.6 is 0 Å². The zero-order valence-electron chi connectivity index (χ0n) is 18.9. The first-order chi connectivity index (χ1) is 16.0. The summed E-state index contributed by atoms with van der Waals surface area (Å²) in [6.07, 6.45) is 6.26. The number of carbonyl (C=O) groups is 2. The molecule has 0 saturated carbocycles. The first-order valence-electron chi connectivity index (χ1n) is 11.1. The van der Waals surface area contributed by atoms with Gasteiger partial charge in [-0.2, -0.15) is 0 Å². The van der Waals surface area contributed by atoms with Crippen LogP contribution < -0.4 is 16.4 Å². The Morgan fingerprint density at radius 1 is 1.39 bits per heavy atom. The van der Waals surface area contributed by atoms with Crippen LogP contribution in [-0.2, 0) is 22.6 Å². The number of nitrogens with one attached hydrogen (secondary N) is 2. The number of pyridine rings is 1. The molecule has 8 nitrogen and oxygen atoms in total. The van der Waals surface area contributed by atoms with Crippen molar-refractivity contribution in [2.24, 2.45) is 5.73 Å². The molecule has 0 aliphatic carbocycles. The Kier molecular flexibility index (Phi) is 6.86. The highest BCUT2D eigenvalue weighted by Gasteiger charge is 2.26. The molecule has 3 aromatic rings. The molecule has 0 saturated heterocycles. The number of furan rings is 1. The Bertz CT molecular complexity index is 1200. The molecule has 0 spiro atoms. The molecule has 1 unspecified atom stereocenters. The van der Waals surface area contributed by atoms with E-state index in [1.165, 1.54) is 6.08 Å². The van der Waals surface area contributed by atoms with Crippen molar-refractivity contribution in [3.63, 3.8) is 0 Å². The maximum atomic E-state index is 12.7. The fourth-order valence-corrected chi connectivity index (χ4v) is 3.91. The van der Waals surface area contributed by atoms with Crippen LogP contribution in [0.2, 0.25) is 0 Å². The molecule has 4 rings (SSSR count). The van der Waals surface area contributed by atoms with Gasteiger partial charge in [0.25, 0.3) is 0 Å². The van der Waals surface area contributed by atoms with Crippen molar-refractivity contribution in [3.8, 4) is 0 Å².